The number of nitrogens with one attached hydrogen (secondary N) is 1. The molecule has 1 atom stereocenters. The average Bonchev–Trinajstić information content (AvgIpc) is 2.98. The fourth-order valence-electron chi connectivity index (χ4n) is 2.74. The molecule has 1 heterocycles. The van der Waals surface area contributed by atoms with E-state index in [-0.39, 0.29) is 30.3 Å². The van der Waals surface area contributed by atoms with Crippen LogP contribution in [0.3, 0.4) is 0 Å². The van der Waals surface area contributed by atoms with E-state index in [0.29, 0.717) is 25.1 Å². The van der Waals surface area contributed by atoms with Crippen molar-refractivity contribution in [2.45, 2.75) is 18.9 Å². The Labute approximate surface area is 145 Å². The summed E-state index contributed by atoms with van der Waals surface area (Å²) in [5.41, 5.74) is 1.15. The van der Waals surface area contributed by atoms with Crippen LogP contribution in [0.4, 0.5) is 14.9 Å². The molecule has 2 aromatic rings. The molecular formula is C19H19FN2O3. The van der Waals surface area contributed by atoms with E-state index in [1.807, 2.05) is 30.3 Å². The predicted molar refractivity (Wildman–Crippen MR) is 91.8 cm³/mol. The van der Waals surface area contributed by atoms with Crippen molar-refractivity contribution in [1.29, 1.82) is 0 Å². The lowest BCUT2D eigenvalue weighted by molar-refractivity contribution is -0.120. The predicted octanol–water partition coefficient (Wildman–Crippen LogP) is 2.90. The average molecular weight is 342 g/mol. The molecule has 1 N–H and O–H groups in total. The number of amides is 2. The first kappa shape index (κ1) is 17.0. The molecule has 130 valence electrons. The molecule has 0 bridgehead atoms. The van der Waals surface area contributed by atoms with Gasteiger partial charge in [0.2, 0.25) is 5.91 Å². The van der Waals surface area contributed by atoms with E-state index in [0.717, 1.165) is 5.69 Å². The zero-order valence-corrected chi connectivity index (χ0v) is 13.7. The van der Waals surface area contributed by atoms with Gasteiger partial charge < -0.3 is 10.1 Å². The first-order valence-electron chi connectivity index (χ1n) is 8.17. The van der Waals surface area contributed by atoms with Crippen molar-refractivity contribution in [2.24, 2.45) is 0 Å². The first-order valence-corrected chi connectivity index (χ1v) is 8.17. The number of halogens is 1. The second kappa shape index (κ2) is 7.79. The Bertz CT molecular complexity index is 751. The van der Waals surface area contributed by atoms with Crippen LogP contribution in [0.25, 0.3) is 0 Å². The lowest BCUT2D eigenvalue weighted by Crippen LogP contribution is -2.30. The van der Waals surface area contributed by atoms with Crippen molar-refractivity contribution >= 4 is 17.7 Å². The van der Waals surface area contributed by atoms with Gasteiger partial charge in [-0.2, -0.15) is 0 Å². The molecule has 5 nitrogen and oxygen atoms in total. The normalized spacial score (nSPS) is 16.6. The van der Waals surface area contributed by atoms with E-state index >= 15 is 0 Å². The van der Waals surface area contributed by atoms with Crippen LogP contribution in [0.15, 0.2) is 54.6 Å². The molecule has 0 spiro atoms. The van der Waals surface area contributed by atoms with Gasteiger partial charge in [-0.1, -0.05) is 36.4 Å². The molecule has 3 rings (SSSR count). The van der Waals surface area contributed by atoms with E-state index in [4.69, 9.17) is 4.74 Å². The SMILES string of the molecule is O=C(Cc1ccccc1F)NCCC1CN(c2ccccc2)C(=O)O1. The van der Waals surface area contributed by atoms with Crippen molar-refractivity contribution in [3.05, 3.63) is 66.0 Å². The monoisotopic (exact) mass is 342 g/mol. The zero-order valence-electron chi connectivity index (χ0n) is 13.7. The van der Waals surface area contributed by atoms with Crippen LogP contribution in [0.2, 0.25) is 0 Å². The van der Waals surface area contributed by atoms with E-state index in [1.54, 1.807) is 23.1 Å². The first-order chi connectivity index (χ1) is 12.1. The number of hydrogen-bond donors (Lipinski definition) is 1. The summed E-state index contributed by atoms with van der Waals surface area (Å²) in [6.45, 7) is 0.819. The highest BCUT2D eigenvalue weighted by Gasteiger charge is 2.31. The maximum atomic E-state index is 13.5. The van der Waals surface area contributed by atoms with Gasteiger partial charge in [-0.3, -0.25) is 9.69 Å². The largest absolute Gasteiger partial charge is 0.444 e. The molecule has 0 aliphatic carbocycles. The Morgan fingerprint density at radius 1 is 1.16 bits per heavy atom. The van der Waals surface area contributed by atoms with Crippen molar-refractivity contribution in [3.63, 3.8) is 0 Å². The standard InChI is InChI=1S/C19H19FN2O3/c20-17-9-5-4-6-14(17)12-18(23)21-11-10-16-13-22(19(24)25-16)15-7-2-1-3-8-15/h1-9,16H,10-13H2,(H,21,23). The molecule has 1 saturated heterocycles. The highest BCUT2D eigenvalue weighted by atomic mass is 19.1. The van der Waals surface area contributed by atoms with Crippen molar-refractivity contribution in [2.75, 3.05) is 18.0 Å². The maximum absolute atomic E-state index is 13.5. The summed E-state index contributed by atoms with van der Waals surface area (Å²) in [6, 6.07) is 15.5. The van der Waals surface area contributed by atoms with Crippen LogP contribution >= 0.6 is 0 Å². The molecule has 25 heavy (non-hydrogen) atoms. The fourth-order valence-corrected chi connectivity index (χ4v) is 2.74. The van der Waals surface area contributed by atoms with Crippen LogP contribution in [0.1, 0.15) is 12.0 Å². The van der Waals surface area contributed by atoms with Crippen LogP contribution in [0, 0.1) is 5.82 Å². The summed E-state index contributed by atoms with van der Waals surface area (Å²) in [7, 11) is 0. The van der Waals surface area contributed by atoms with E-state index in [9.17, 15) is 14.0 Å². The number of para-hydroxylation sites is 1. The van der Waals surface area contributed by atoms with Crippen LogP contribution in [-0.2, 0) is 16.0 Å². The zero-order chi connectivity index (χ0) is 17.6. The highest BCUT2D eigenvalue weighted by molar-refractivity contribution is 5.89. The maximum Gasteiger partial charge on any atom is 0.414 e. The Morgan fingerprint density at radius 2 is 1.88 bits per heavy atom. The second-order valence-corrected chi connectivity index (χ2v) is 5.86. The van der Waals surface area contributed by atoms with Crippen LogP contribution in [0.5, 0.6) is 0 Å². The van der Waals surface area contributed by atoms with Crippen molar-refractivity contribution in [3.8, 4) is 0 Å². The lowest BCUT2D eigenvalue weighted by Gasteiger charge is -2.12. The minimum Gasteiger partial charge on any atom is -0.444 e. The Kier molecular flexibility index (Phi) is 5.28. The van der Waals surface area contributed by atoms with Gasteiger partial charge in [-0.05, 0) is 23.8 Å². The summed E-state index contributed by atoms with van der Waals surface area (Å²) >= 11 is 0. The Hall–Kier alpha value is -2.89. The highest BCUT2D eigenvalue weighted by Crippen LogP contribution is 2.22. The number of rotatable bonds is 6. The smallest absolute Gasteiger partial charge is 0.414 e. The van der Waals surface area contributed by atoms with E-state index in [2.05, 4.69) is 5.32 Å². The molecular weight excluding hydrogens is 323 g/mol. The van der Waals surface area contributed by atoms with Crippen LogP contribution in [-0.4, -0.2) is 31.2 Å². The minimum absolute atomic E-state index is 0.00668. The van der Waals surface area contributed by atoms with Gasteiger partial charge in [0.1, 0.15) is 11.9 Å². The summed E-state index contributed by atoms with van der Waals surface area (Å²) < 4.78 is 18.8. The van der Waals surface area contributed by atoms with Gasteiger partial charge >= 0.3 is 6.09 Å². The van der Waals surface area contributed by atoms with Gasteiger partial charge in [-0.15, -0.1) is 0 Å². The molecule has 0 aromatic heterocycles. The molecule has 1 aliphatic heterocycles. The number of carbonyl (C=O) groups is 2. The van der Waals surface area contributed by atoms with Crippen molar-refractivity contribution in [1.82, 2.24) is 5.32 Å². The summed E-state index contributed by atoms with van der Waals surface area (Å²) in [6.07, 6.45) is -0.152. The third-order valence-corrected chi connectivity index (χ3v) is 4.04. The summed E-state index contributed by atoms with van der Waals surface area (Å²) in [5.74, 6) is -0.643. The number of carbonyl (C=O) groups excluding carboxylic acids is 2. The molecule has 1 aliphatic rings. The number of anilines is 1. The number of ether oxygens (including phenoxy) is 1. The second-order valence-electron chi connectivity index (χ2n) is 5.86. The number of benzene rings is 2. The molecule has 0 saturated carbocycles. The van der Waals surface area contributed by atoms with Gasteiger partial charge in [0.05, 0.1) is 13.0 Å². The quantitative estimate of drug-likeness (QED) is 0.878. The number of cyclic esters (lactones) is 1. The van der Waals surface area contributed by atoms with Crippen molar-refractivity contribution < 1.29 is 18.7 Å². The van der Waals surface area contributed by atoms with Gasteiger partial charge in [-0.25, -0.2) is 9.18 Å². The molecule has 1 fully saturated rings. The van der Waals surface area contributed by atoms with Gasteiger partial charge in [0.15, 0.2) is 0 Å². The van der Waals surface area contributed by atoms with Gasteiger partial charge in [0.25, 0.3) is 0 Å². The number of nitrogens with zero attached hydrogens (tertiary/aromatic N) is 1. The van der Waals surface area contributed by atoms with Gasteiger partial charge in [0, 0.05) is 18.7 Å². The molecule has 1 unspecified atom stereocenters. The molecule has 2 amide bonds. The third-order valence-electron chi connectivity index (χ3n) is 4.04. The summed E-state index contributed by atoms with van der Waals surface area (Å²) in [5, 5.41) is 2.74. The Morgan fingerprint density at radius 3 is 2.64 bits per heavy atom. The minimum atomic E-state index is -0.388. The molecule has 6 heteroatoms. The fraction of sp³-hybridized carbons (Fsp3) is 0.263. The Balaban J connectivity index is 1.44. The third kappa shape index (κ3) is 4.35. The van der Waals surface area contributed by atoms with E-state index in [1.165, 1.54) is 6.07 Å². The topological polar surface area (TPSA) is 58.6 Å². The summed E-state index contributed by atoms with van der Waals surface area (Å²) in [4.78, 5) is 25.4. The number of hydrogen-bond acceptors (Lipinski definition) is 3. The molecule has 2 aromatic carbocycles. The lowest BCUT2D eigenvalue weighted by atomic mass is 10.1. The van der Waals surface area contributed by atoms with E-state index < -0.39 is 0 Å². The molecule has 0 radical (unpaired) electrons. The van der Waals surface area contributed by atoms with Crippen LogP contribution < -0.4 is 10.2 Å².